The molecule has 2 rings (SSSR count). The van der Waals surface area contributed by atoms with Gasteiger partial charge in [0, 0.05) is 31.5 Å². The summed E-state index contributed by atoms with van der Waals surface area (Å²) in [5, 5.41) is 13.3. The average molecular weight is 277 g/mol. The minimum atomic E-state index is -0.787. The molecule has 5 heteroatoms. The molecule has 0 aliphatic carbocycles. The van der Waals surface area contributed by atoms with Crippen molar-refractivity contribution in [2.45, 2.75) is 39.2 Å². The van der Waals surface area contributed by atoms with Crippen LogP contribution in [0.3, 0.4) is 0 Å². The van der Waals surface area contributed by atoms with E-state index in [2.05, 4.69) is 10.3 Å². The first-order valence-electron chi connectivity index (χ1n) is 7.15. The maximum absolute atomic E-state index is 12.6. The summed E-state index contributed by atoms with van der Waals surface area (Å²) in [7, 11) is 0. The summed E-state index contributed by atoms with van der Waals surface area (Å²) in [5.74, 6) is -0.0616. The molecule has 1 saturated heterocycles. The van der Waals surface area contributed by atoms with E-state index in [0.29, 0.717) is 18.7 Å². The number of hydrogen-bond acceptors (Lipinski definition) is 4. The van der Waals surface area contributed by atoms with Gasteiger partial charge in [0.05, 0.1) is 16.9 Å². The highest BCUT2D eigenvalue weighted by molar-refractivity contribution is 5.99. The highest BCUT2D eigenvalue weighted by Crippen LogP contribution is 2.24. The molecule has 110 valence electrons. The van der Waals surface area contributed by atoms with E-state index in [4.69, 9.17) is 0 Å². The minimum absolute atomic E-state index is 0.0616. The van der Waals surface area contributed by atoms with Gasteiger partial charge in [-0.25, -0.2) is 0 Å². The molecule has 0 radical (unpaired) electrons. The predicted octanol–water partition coefficient (Wildman–Crippen LogP) is 1.81. The molecule has 1 atom stereocenters. The normalized spacial score (nSPS) is 22.7. The maximum Gasteiger partial charge on any atom is 0.257 e. The Morgan fingerprint density at radius 3 is 3.00 bits per heavy atom. The third-order valence-corrected chi connectivity index (χ3v) is 3.60. The van der Waals surface area contributed by atoms with E-state index in [-0.39, 0.29) is 5.91 Å². The summed E-state index contributed by atoms with van der Waals surface area (Å²) < 4.78 is 0. The maximum atomic E-state index is 12.6. The van der Waals surface area contributed by atoms with Crippen LogP contribution in [0.2, 0.25) is 0 Å². The highest BCUT2D eigenvalue weighted by atomic mass is 16.3. The van der Waals surface area contributed by atoms with Crippen molar-refractivity contribution in [3.63, 3.8) is 0 Å². The van der Waals surface area contributed by atoms with E-state index < -0.39 is 5.60 Å². The van der Waals surface area contributed by atoms with Crippen molar-refractivity contribution in [1.82, 2.24) is 9.88 Å². The third-order valence-electron chi connectivity index (χ3n) is 3.60. The topological polar surface area (TPSA) is 65.5 Å². The summed E-state index contributed by atoms with van der Waals surface area (Å²) in [6.07, 6.45) is 3.19. The van der Waals surface area contributed by atoms with E-state index in [1.165, 1.54) is 0 Å². The predicted molar refractivity (Wildman–Crippen MR) is 78.9 cm³/mol. The second-order valence-corrected chi connectivity index (χ2v) is 5.73. The smallest absolute Gasteiger partial charge is 0.257 e. The second-order valence-electron chi connectivity index (χ2n) is 5.73. The molecule has 1 aliphatic heterocycles. The van der Waals surface area contributed by atoms with Crippen LogP contribution in [0.5, 0.6) is 0 Å². The van der Waals surface area contributed by atoms with Crippen molar-refractivity contribution in [2.24, 2.45) is 0 Å². The largest absolute Gasteiger partial charge is 0.388 e. The van der Waals surface area contributed by atoms with Crippen molar-refractivity contribution in [2.75, 3.05) is 25.0 Å². The third kappa shape index (κ3) is 3.28. The van der Waals surface area contributed by atoms with Gasteiger partial charge in [0.25, 0.3) is 5.91 Å². The number of pyridine rings is 1. The van der Waals surface area contributed by atoms with E-state index in [0.717, 1.165) is 30.8 Å². The van der Waals surface area contributed by atoms with Crippen LogP contribution in [0.1, 0.15) is 42.7 Å². The van der Waals surface area contributed by atoms with Crippen LogP contribution in [0.25, 0.3) is 0 Å². The molecule has 2 heterocycles. The van der Waals surface area contributed by atoms with E-state index in [9.17, 15) is 9.90 Å². The van der Waals surface area contributed by atoms with Crippen molar-refractivity contribution in [3.05, 3.63) is 23.5 Å². The minimum Gasteiger partial charge on any atom is -0.388 e. The lowest BCUT2D eigenvalue weighted by molar-refractivity contribution is -0.0107. The summed E-state index contributed by atoms with van der Waals surface area (Å²) >= 11 is 0. The standard InChI is InChI=1S/C15H23N3O2/c1-4-16-13-8-11(2)17-9-12(13)14(19)18-7-5-6-15(3,20)10-18/h8-9,20H,4-7,10H2,1-3H3,(H,16,17). The average Bonchev–Trinajstić information content (AvgIpc) is 2.37. The van der Waals surface area contributed by atoms with Crippen LogP contribution in [-0.4, -0.2) is 46.1 Å². The summed E-state index contributed by atoms with van der Waals surface area (Å²) in [6.45, 7) is 7.50. The van der Waals surface area contributed by atoms with E-state index in [1.807, 2.05) is 19.9 Å². The number of aliphatic hydroxyl groups is 1. The van der Waals surface area contributed by atoms with Crippen molar-refractivity contribution in [3.8, 4) is 0 Å². The lowest BCUT2D eigenvalue weighted by Gasteiger charge is -2.37. The number of nitrogens with one attached hydrogen (secondary N) is 1. The fourth-order valence-corrected chi connectivity index (χ4v) is 2.63. The molecule has 1 amide bonds. The Kier molecular flexibility index (Phi) is 4.28. The first kappa shape index (κ1) is 14.8. The number of aryl methyl sites for hydroxylation is 1. The Labute approximate surface area is 120 Å². The number of β-amino-alcohol motifs (C(OH)–C–C–N with tert-alkyl or cyclic N) is 1. The Hall–Kier alpha value is -1.62. The summed E-state index contributed by atoms with van der Waals surface area (Å²) in [5.41, 5.74) is 1.48. The van der Waals surface area contributed by atoms with Gasteiger partial charge < -0.3 is 15.3 Å². The fraction of sp³-hybridized carbons (Fsp3) is 0.600. The van der Waals surface area contributed by atoms with Crippen LogP contribution in [0.4, 0.5) is 5.69 Å². The van der Waals surface area contributed by atoms with Crippen LogP contribution < -0.4 is 5.32 Å². The van der Waals surface area contributed by atoms with Gasteiger partial charge in [-0.3, -0.25) is 9.78 Å². The molecule has 0 saturated carbocycles. The number of amides is 1. The number of carbonyl (C=O) groups excluding carboxylic acids is 1. The summed E-state index contributed by atoms with van der Waals surface area (Å²) in [6, 6.07) is 1.89. The Bertz CT molecular complexity index is 500. The first-order chi connectivity index (χ1) is 9.43. The van der Waals surface area contributed by atoms with Crippen LogP contribution in [0.15, 0.2) is 12.3 Å². The molecule has 1 aromatic heterocycles. The van der Waals surface area contributed by atoms with Gasteiger partial charge in [0.15, 0.2) is 0 Å². The zero-order chi connectivity index (χ0) is 14.8. The van der Waals surface area contributed by atoms with Crippen LogP contribution >= 0.6 is 0 Å². The number of rotatable bonds is 3. The van der Waals surface area contributed by atoms with Gasteiger partial charge in [-0.2, -0.15) is 0 Å². The van der Waals surface area contributed by atoms with Gasteiger partial charge >= 0.3 is 0 Å². The number of likely N-dealkylation sites (tertiary alicyclic amines) is 1. The Morgan fingerprint density at radius 1 is 1.60 bits per heavy atom. The van der Waals surface area contributed by atoms with Crippen LogP contribution in [-0.2, 0) is 0 Å². The molecule has 1 fully saturated rings. The number of hydrogen-bond donors (Lipinski definition) is 2. The molecule has 1 aromatic rings. The SMILES string of the molecule is CCNc1cc(C)ncc1C(=O)N1CCCC(C)(O)C1. The van der Waals surface area contributed by atoms with Gasteiger partial charge in [0.2, 0.25) is 0 Å². The molecule has 20 heavy (non-hydrogen) atoms. The zero-order valence-electron chi connectivity index (χ0n) is 12.4. The summed E-state index contributed by atoms with van der Waals surface area (Å²) in [4.78, 5) is 18.6. The monoisotopic (exact) mass is 277 g/mol. The first-order valence-corrected chi connectivity index (χ1v) is 7.15. The number of nitrogens with zero attached hydrogens (tertiary/aromatic N) is 2. The molecule has 0 spiro atoms. The van der Waals surface area contributed by atoms with Gasteiger partial charge in [-0.1, -0.05) is 0 Å². The van der Waals surface area contributed by atoms with Crippen molar-refractivity contribution >= 4 is 11.6 Å². The molecule has 2 N–H and O–H groups in total. The lowest BCUT2D eigenvalue weighted by atomic mass is 9.94. The number of aromatic nitrogens is 1. The van der Waals surface area contributed by atoms with Gasteiger partial charge in [-0.15, -0.1) is 0 Å². The zero-order valence-corrected chi connectivity index (χ0v) is 12.4. The highest BCUT2D eigenvalue weighted by Gasteiger charge is 2.32. The van der Waals surface area contributed by atoms with Gasteiger partial charge in [-0.05, 0) is 39.7 Å². The second kappa shape index (κ2) is 5.79. The Balaban J connectivity index is 2.24. The molecule has 1 aliphatic rings. The lowest BCUT2D eigenvalue weighted by Crippen LogP contribution is -2.48. The molecular formula is C15H23N3O2. The number of carbonyl (C=O) groups is 1. The van der Waals surface area contributed by atoms with E-state index >= 15 is 0 Å². The molecular weight excluding hydrogens is 254 g/mol. The van der Waals surface area contributed by atoms with E-state index in [1.54, 1.807) is 18.0 Å². The molecule has 1 unspecified atom stereocenters. The molecule has 0 bridgehead atoms. The molecule has 0 aromatic carbocycles. The molecule has 5 nitrogen and oxygen atoms in total. The Morgan fingerprint density at radius 2 is 2.35 bits per heavy atom. The fourth-order valence-electron chi connectivity index (χ4n) is 2.63. The number of piperidine rings is 1. The van der Waals surface area contributed by atoms with Crippen molar-refractivity contribution in [1.29, 1.82) is 0 Å². The van der Waals surface area contributed by atoms with Gasteiger partial charge in [0.1, 0.15) is 0 Å². The quantitative estimate of drug-likeness (QED) is 0.884. The number of anilines is 1. The van der Waals surface area contributed by atoms with Crippen LogP contribution in [0, 0.1) is 6.92 Å². The van der Waals surface area contributed by atoms with Crippen molar-refractivity contribution < 1.29 is 9.90 Å².